The third-order valence-corrected chi connectivity index (χ3v) is 5.85. The average molecular weight is 493 g/mol. The van der Waals surface area contributed by atoms with E-state index in [9.17, 15) is 14.3 Å². The van der Waals surface area contributed by atoms with Crippen LogP contribution in [0, 0.1) is 11.6 Å². The third kappa shape index (κ3) is 5.81. The number of nitrogens with one attached hydrogen (secondary N) is 1. The van der Waals surface area contributed by atoms with Crippen molar-refractivity contribution in [3.63, 3.8) is 0 Å². The Hall–Kier alpha value is -3.95. The van der Waals surface area contributed by atoms with E-state index in [1.54, 1.807) is 30.5 Å². The molecule has 9 heteroatoms. The van der Waals surface area contributed by atoms with E-state index in [0.717, 1.165) is 5.69 Å². The molecule has 1 atom stereocenters. The van der Waals surface area contributed by atoms with Gasteiger partial charge >= 0.3 is 0 Å². The number of pyridine rings is 1. The molecule has 36 heavy (non-hydrogen) atoms. The van der Waals surface area contributed by atoms with Crippen molar-refractivity contribution >= 4 is 5.91 Å². The largest absolute Gasteiger partial charge is 0.394 e. The zero-order valence-corrected chi connectivity index (χ0v) is 19.7. The van der Waals surface area contributed by atoms with Gasteiger partial charge < -0.3 is 14.7 Å². The summed E-state index contributed by atoms with van der Waals surface area (Å²) in [5.41, 5.74) is 2.43. The van der Waals surface area contributed by atoms with E-state index in [1.165, 1.54) is 36.3 Å². The Morgan fingerprint density at radius 3 is 2.61 bits per heavy atom. The molecular weight excluding hydrogens is 466 g/mol. The van der Waals surface area contributed by atoms with Gasteiger partial charge in [0.15, 0.2) is 0 Å². The molecule has 1 amide bonds. The number of carbonyl (C=O) groups excluding carboxylic acids is 1. The fourth-order valence-electron chi connectivity index (χ4n) is 3.88. The molecule has 0 radical (unpaired) electrons. The van der Waals surface area contributed by atoms with Crippen molar-refractivity contribution in [3.05, 3.63) is 95.8 Å². The molecule has 0 aliphatic carbocycles. The van der Waals surface area contributed by atoms with E-state index in [-0.39, 0.29) is 42.3 Å². The molecule has 7 nitrogen and oxygen atoms in total. The summed E-state index contributed by atoms with van der Waals surface area (Å²) in [6.45, 7) is 0.114. The number of aliphatic hydroxyl groups excluding tert-OH is 1. The Morgan fingerprint density at radius 1 is 1.11 bits per heavy atom. The Morgan fingerprint density at radius 2 is 1.92 bits per heavy atom. The van der Waals surface area contributed by atoms with Crippen molar-refractivity contribution in [2.75, 3.05) is 26.8 Å². The Balaban J connectivity index is 1.66. The van der Waals surface area contributed by atoms with Crippen LogP contribution in [-0.2, 0) is 11.2 Å². The molecule has 0 aliphatic rings. The van der Waals surface area contributed by atoms with E-state index in [1.807, 2.05) is 18.2 Å². The number of ether oxygens (including phenoxy) is 1. The highest BCUT2D eigenvalue weighted by atomic mass is 19.1. The molecule has 0 bridgehead atoms. The number of nitrogens with zero attached hydrogens (tertiary/aromatic N) is 3. The maximum absolute atomic E-state index is 15.1. The number of amides is 1. The molecule has 0 unspecified atom stereocenters. The third-order valence-electron chi connectivity index (χ3n) is 5.85. The lowest BCUT2D eigenvalue weighted by Crippen LogP contribution is -2.41. The van der Waals surface area contributed by atoms with Crippen LogP contribution in [-0.4, -0.2) is 64.0 Å². The molecule has 2 heterocycles. The maximum atomic E-state index is 15.1. The van der Waals surface area contributed by atoms with Crippen molar-refractivity contribution in [1.29, 1.82) is 0 Å². The van der Waals surface area contributed by atoms with Gasteiger partial charge in [-0.1, -0.05) is 12.1 Å². The van der Waals surface area contributed by atoms with Crippen molar-refractivity contribution in [1.82, 2.24) is 20.1 Å². The summed E-state index contributed by atoms with van der Waals surface area (Å²) >= 11 is 0. The van der Waals surface area contributed by atoms with Crippen LogP contribution in [0.15, 0.2) is 72.9 Å². The second-order valence-corrected chi connectivity index (χ2v) is 8.20. The van der Waals surface area contributed by atoms with Crippen molar-refractivity contribution in [3.8, 4) is 22.5 Å². The molecular formula is C27H26F2N4O3. The number of benzene rings is 2. The number of rotatable bonds is 10. The summed E-state index contributed by atoms with van der Waals surface area (Å²) < 4.78 is 33.7. The summed E-state index contributed by atoms with van der Waals surface area (Å²) in [5.74, 6) is -1.40. The molecule has 4 rings (SSSR count). The number of aromatic nitrogens is 3. The molecule has 4 aromatic rings. The molecule has 2 aromatic carbocycles. The number of methoxy groups -OCH3 is 1. The Bertz CT molecular complexity index is 1290. The van der Waals surface area contributed by atoms with Gasteiger partial charge in [-0.3, -0.25) is 14.9 Å². The van der Waals surface area contributed by atoms with Gasteiger partial charge in [0.2, 0.25) is 0 Å². The monoisotopic (exact) mass is 492 g/mol. The van der Waals surface area contributed by atoms with E-state index < -0.39 is 17.8 Å². The van der Waals surface area contributed by atoms with Gasteiger partial charge in [-0.05, 0) is 60.2 Å². The molecule has 0 saturated heterocycles. The SMILES string of the molecule is CO[C@H](CO)CN(CCc1ccccn1)C(=O)c1cccc(F)c1-c1cc(-c2ccc(F)cc2)[nH]n1. The first-order chi connectivity index (χ1) is 17.5. The van der Waals surface area contributed by atoms with Crippen LogP contribution in [0.2, 0.25) is 0 Å². The summed E-state index contributed by atoms with van der Waals surface area (Å²) in [6.07, 6.45) is 1.54. The van der Waals surface area contributed by atoms with Gasteiger partial charge in [0.1, 0.15) is 11.6 Å². The first-order valence-corrected chi connectivity index (χ1v) is 11.4. The highest BCUT2D eigenvalue weighted by Crippen LogP contribution is 2.30. The standard InChI is InChI=1S/C27H26F2N4O3/c1-36-21(17-34)16-33(14-12-20-5-2-3-13-30-20)27(35)22-6-4-7-23(29)26(22)25-15-24(31-32-25)18-8-10-19(28)11-9-18/h2-11,13,15,21,34H,12,14,16-17H2,1H3,(H,31,32)/t21-/m0/s1. The molecule has 2 aromatic heterocycles. The molecule has 0 spiro atoms. The number of H-pyrrole nitrogens is 1. The minimum atomic E-state index is -0.606. The zero-order valence-electron chi connectivity index (χ0n) is 19.7. The predicted molar refractivity (Wildman–Crippen MR) is 131 cm³/mol. The molecule has 0 fully saturated rings. The van der Waals surface area contributed by atoms with Crippen LogP contribution in [0.25, 0.3) is 22.5 Å². The number of carbonyl (C=O) groups is 1. The van der Waals surface area contributed by atoms with Crippen LogP contribution >= 0.6 is 0 Å². The van der Waals surface area contributed by atoms with Gasteiger partial charge in [0.05, 0.1) is 35.2 Å². The number of hydrogen-bond acceptors (Lipinski definition) is 5. The smallest absolute Gasteiger partial charge is 0.254 e. The Labute approximate surface area is 207 Å². The second kappa shape index (κ2) is 11.7. The second-order valence-electron chi connectivity index (χ2n) is 8.20. The van der Waals surface area contributed by atoms with Crippen LogP contribution in [0.4, 0.5) is 8.78 Å². The average Bonchev–Trinajstić information content (AvgIpc) is 3.39. The topological polar surface area (TPSA) is 91.3 Å². The minimum Gasteiger partial charge on any atom is -0.394 e. The van der Waals surface area contributed by atoms with Crippen LogP contribution in [0.3, 0.4) is 0 Å². The molecule has 186 valence electrons. The van der Waals surface area contributed by atoms with Crippen LogP contribution < -0.4 is 0 Å². The van der Waals surface area contributed by atoms with Gasteiger partial charge in [-0.25, -0.2) is 8.78 Å². The lowest BCUT2D eigenvalue weighted by molar-refractivity contribution is 0.0208. The van der Waals surface area contributed by atoms with Crippen molar-refractivity contribution in [2.45, 2.75) is 12.5 Å². The zero-order chi connectivity index (χ0) is 25.5. The van der Waals surface area contributed by atoms with Gasteiger partial charge in [0.25, 0.3) is 5.91 Å². The minimum absolute atomic E-state index is 0.0490. The van der Waals surface area contributed by atoms with Gasteiger partial charge in [-0.2, -0.15) is 5.10 Å². The van der Waals surface area contributed by atoms with Gasteiger partial charge in [0, 0.05) is 38.5 Å². The molecule has 0 saturated carbocycles. The van der Waals surface area contributed by atoms with Gasteiger partial charge in [-0.15, -0.1) is 0 Å². The highest BCUT2D eigenvalue weighted by Gasteiger charge is 2.25. The Kier molecular flexibility index (Phi) is 8.14. The number of hydrogen-bond donors (Lipinski definition) is 2. The lowest BCUT2D eigenvalue weighted by atomic mass is 10.0. The van der Waals surface area contributed by atoms with E-state index >= 15 is 4.39 Å². The summed E-state index contributed by atoms with van der Waals surface area (Å²) in [4.78, 5) is 19.5. The summed E-state index contributed by atoms with van der Waals surface area (Å²) in [5, 5.41) is 16.7. The van der Waals surface area contributed by atoms with E-state index in [4.69, 9.17) is 4.74 Å². The summed E-state index contributed by atoms with van der Waals surface area (Å²) in [7, 11) is 1.45. The summed E-state index contributed by atoms with van der Waals surface area (Å²) in [6, 6.07) is 17.2. The highest BCUT2D eigenvalue weighted by molar-refractivity contribution is 6.00. The molecule has 2 N–H and O–H groups in total. The number of aliphatic hydroxyl groups is 1. The molecule has 0 aliphatic heterocycles. The predicted octanol–water partition coefficient (Wildman–Crippen LogP) is 4.11. The van der Waals surface area contributed by atoms with Crippen LogP contribution in [0.1, 0.15) is 16.1 Å². The first-order valence-electron chi connectivity index (χ1n) is 11.4. The van der Waals surface area contributed by atoms with Crippen molar-refractivity contribution in [2.24, 2.45) is 0 Å². The first kappa shape index (κ1) is 25.2. The normalized spacial score (nSPS) is 11.9. The lowest BCUT2D eigenvalue weighted by Gasteiger charge is -2.27. The number of aromatic amines is 1. The number of halogens is 2. The van der Waals surface area contributed by atoms with E-state index in [2.05, 4.69) is 15.2 Å². The maximum Gasteiger partial charge on any atom is 0.254 e. The van der Waals surface area contributed by atoms with Crippen LogP contribution in [0.5, 0.6) is 0 Å². The van der Waals surface area contributed by atoms with E-state index in [0.29, 0.717) is 17.7 Å². The quantitative estimate of drug-likeness (QED) is 0.348. The fourth-order valence-corrected chi connectivity index (χ4v) is 3.88. The fraction of sp³-hybridized carbons (Fsp3) is 0.222. The van der Waals surface area contributed by atoms with Crippen molar-refractivity contribution < 1.29 is 23.4 Å².